The van der Waals surface area contributed by atoms with E-state index in [1.54, 1.807) is 0 Å². The lowest BCUT2D eigenvalue weighted by molar-refractivity contribution is 0.658. The van der Waals surface area contributed by atoms with Crippen LogP contribution in [-0.4, -0.2) is 9.55 Å². The molecule has 16 heavy (non-hydrogen) atoms. The van der Waals surface area contributed by atoms with Gasteiger partial charge in [-0.05, 0) is 31.5 Å². The van der Waals surface area contributed by atoms with Crippen LogP contribution < -0.4 is 0 Å². The minimum atomic E-state index is 0.255. The number of fused-ring (bicyclic) bond motifs is 1. The van der Waals surface area contributed by atoms with Gasteiger partial charge in [0.15, 0.2) is 0 Å². The van der Waals surface area contributed by atoms with Crippen LogP contribution in [-0.2, 0) is 6.54 Å². The molecule has 0 aliphatic carbocycles. The lowest BCUT2D eigenvalue weighted by Gasteiger charge is -2.08. The van der Waals surface area contributed by atoms with Crippen molar-refractivity contribution in [3.8, 4) is 0 Å². The van der Waals surface area contributed by atoms with Gasteiger partial charge in [-0.1, -0.05) is 34.5 Å². The molecule has 0 saturated heterocycles. The van der Waals surface area contributed by atoms with Crippen LogP contribution in [0, 0.1) is 0 Å². The molecule has 2 nitrogen and oxygen atoms in total. The summed E-state index contributed by atoms with van der Waals surface area (Å²) >= 11 is 9.56. The summed E-state index contributed by atoms with van der Waals surface area (Å²) in [7, 11) is 0. The summed E-state index contributed by atoms with van der Waals surface area (Å²) in [5, 5.41) is 0.738. The van der Waals surface area contributed by atoms with Crippen LogP contribution in [0.1, 0.15) is 30.9 Å². The van der Waals surface area contributed by atoms with E-state index in [9.17, 15) is 0 Å². The number of alkyl halides is 1. The number of aryl methyl sites for hydroxylation is 1. The molecule has 1 aromatic heterocycles. The summed E-state index contributed by atoms with van der Waals surface area (Å²) in [6.07, 6.45) is 1.10. The molecule has 0 aliphatic rings. The predicted molar refractivity (Wildman–Crippen MR) is 72.4 cm³/mol. The van der Waals surface area contributed by atoms with E-state index in [0.717, 1.165) is 34.8 Å². The molecule has 0 bridgehead atoms. The van der Waals surface area contributed by atoms with Crippen LogP contribution >= 0.6 is 27.5 Å². The molecule has 0 saturated carbocycles. The lowest BCUT2D eigenvalue weighted by Crippen LogP contribution is -2.03. The molecule has 2 rings (SSSR count). The second-order valence-electron chi connectivity index (χ2n) is 3.87. The monoisotopic (exact) mass is 300 g/mol. The van der Waals surface area contributed by atoms with Crippen LogP contribution in [0.15, 0.2) is 18.2 Å². The first-order valence-corrected chi connectivity index (χ1v) is 6.72. The van der Waals surface area contributed by atoms with Crippen molar-refractivity contribution in [2.24, 2.45) is 0 Å². The summed E-state index contributed by atoms with van der Waals surface area (Å²) in [5.41, 5.74) is 2.13. The molecule has 1 atom stereocenters. The molecule has 86 valence electrons. The fraction of sp³-hybridized carbons (Fsp3) is 0.417. The van der Waals surface area contributed by atoms with Crippen LogP contribution in [0.25, 0.3) is 11.0 Å². The van der Waals surface area contributed by atoms with E-state index < -0.39 is 0 Å². The topological polar surface area (TPSA) is 17.8 Å². The van der Waals surface area contributed by atoms with Gasteiger partial charge < -0.3 is 4.57 Å². The Bertz CT molecular complexity index is 505. The maximum atomic E-state index is 5.98. The molecule has 0 radical (unpaired) electrons. The highest BCUT2D eigenvalue weighted by molar-refractivity contribution is 9.09. The van der Waals surface area contributed by atoms with E-state index in [1.807, 2.05) is 18.2 Å². The maximum absolute atomic E-state index is 5.98. The van der Waals surface area contributed by atoms with Gasteiger partial charge in [-0.2, -0.15) is 0 Å². The first-order chi connectivity index (χ1) is 7.63. The maximum Gasteiger partial charge on any atom is 0.123 e. The van der Waals surface area contributed by atoms with Gasteiger partial charge in [0.05, 0.1) is 15.9 Å². The minimum absolute atomic E-state index is 0.255. The van der Waals surface area contributed by atoms with Gasteiger partial charge in [0.2, 0.25) is 0 Å². The van der Waals surface area contributed by atoms with Crippen molar-refractivity contribution in [3.63, 3.8) is 0 Å². The van der Waals surface area contributed by atoms with Gasteiger partial charge in [-0.25, -0.2) is 4.98 Å². The van der Waals surface area contributed by atoms with Gasteiger partial charge in [0, 0.05) is 11.6 Å². The summed E-state index contributed by atoms with van der Waals surface area (Å²) in [5.74, 6) is 1.07. The molecule has 1 heterocycles. The average Bonchev–Trinajstić information content (AvgIpc) is 2.57. The number of imidazole rings is 1. The summed E-state index contributed by atoms with van der Waals surface area (Å²) in [6.45, 7) is 5.25. The third-order valence-electron chi connectivity index (χ3n) is 2.54. The van der Waals surface area contributed by atoms with E-state index in [4.69, 9.17) is 11.6 Å². The van der Waals surface area contributed by atoms with Crippen molar-refractivity contribution in [2.45, 2.75) is 31.6 Å². The Morgan fingerprint density at radius 1 is 1.50 bits per heavy atom. The van der Waals surface area contributed by atoms with Gasteiger partial charge in [-0.15, -0.1) is 0 Å². The Morgan fingerprint density at radius 2 is 2.25 bits per heavy atom. The molecule has 0 spiro atoms. The Balaban J connectivity index is 2.65. The van der Waals surface area contributed by atoms with Crippen LogP contribution in [0.2, 0.25) is 5.02 Å². The molecule has 1 aromatic carbocycles. The third kappa shape index (κ3) is 2.11. The number of aromatic nitrogens is 2. The first kappa shape index (κ1) is 11.9. The predicted octanol–water partition coefficient (Wildman–Crippen LogP) is 4.56. The molecule has 0 fully saturated rings. The molecule has 0 amide bonds. The van der Waals surface area contributed by atoms with E-state index in [2.05, 4.69) is 39.3 Å². The Hall–Kier alpha value is -0.540. The lowest BCUT2D eigenvalue weighted by atomic mass is 10.3. The van der Waals surface area contributed by atoms with Crippen molar-refractivity contribution in [1.29, 1.82) is 0 Å². The zero-order chi connectivity index (χ0) is 11.7. The fourth-order valence-corrected chi connectivity index (χ4v) is 2.40. The van der Waals surface area contributed by atoms with Crippen molar-refractivity contribution in [3.05, 3.63) is 29.0 Å². The average molecular weight is 302 g/mol. The van der Waals surface area contributed by atoms with Gasteiger partial charge in [-0.3, -0.25) is 0 Å². The molecular weight excluding hydrogens is 288 g/mol. The van der Waals surface area contributed by atoms with E-state index in [-0.39, 0.29) is 4.83 Å². The quantitative estimate of drug-likeness (QED) is 0.760. The third-order valence-corrected chi connectivity index (χ3v) is 3.19. The van der Waals surface area contributed by atoms with E-state index >= 15 is 0 Å². The number of hydrogen-bond acceptors (Lipinski definition) is 1. The largest absolute Gasteiger partial charge is 0.327 e. The van der Waals surface area contributed by atoms with Crippen LogP contribution in [0.4, 0.5) is 0 Å². The highest BCUT2D eigenvalue weighted by Gasteiger charge is 2.13. The molecule has 2 aromatic rings. The molecule has 4 heteroatoms. The Kier molecular flexibility index (Phi) is 3.55. The highest BCUT2D eigenvalue weighted by atomic mass is 79.9. The second-order valence-corrected chi connectivity index (χ2v) is 5.68. The number of rotatable bonds is 3. The van der Waals surface area contributed by atoms with E-state index in [1.165, 1.54) is 0 Å². The summed E-state index contributed by atoms with van der Waals surface area (Å²) in [6, 6.07) is 5.88. The van der Waals surface area contributed by atoms with Crippen LogP contribution in [0.3, 0.4) is 0 Å². The normalized spacial score (nSPS) is 13.2. The smallest absolute Gasteiger partial charge is 0.123 e. The Labute approximate surface area is 109 Å². The molecule has 0 N–H and O–H groups in total. The minimum Gasteiger partial charge on any atom is -0.327 e. The van der Waals surface area contributed by atoms with Crippen molar-refractivity contribution >= 4 is 38.6 Å². The zero-order valence-corrected chi connectivity index (χ0v) is 11.7. The van der Waals surface area contributed by atoms with Crippen molar-refractivity contribution < 1.29 is 0 Å². The van der Waals surface area contributed by atoms with Crippen molar-refractivity contribution in [1.82, 2.24) is 9.55 Å². The van der Waals surface area contributed by atoms with Gasteiger partial charge in [0.25, 0.3) is 0 Å². The fourth-order valence-electron chi connectivity index (χ4n) is 1.88. The second kappa shape index (κ2) is 4.76. The van der Waals surface area contributed by atoms with E-state index in [0.29, 0.717) is 0 Å². The summed E-state index contributed by atoms with van der Waals surface area (Å²) < 4.78 is 2.26. The zero-order valence-electron chi connectivity index (χ0n) is 9.37. The molecular formula is C12H14BrClN2. The number of halogens is 2. The highest BCUT2D eigenvalue weighted by Crippen LogP contribution is 2.27. The molecule has 1 unspecified atom stereocenters. The number of benzene rings is 1. The van der Waals surface area contributed by atoms with Crippen LogP contribution in [0.5, 0.6) is 0 Å². The summed E-state index contributed by atoms with van der Waals surface area (Å²) in [4.78, 5) is 4.88. The number of nitrogens with zero attached hydrogens (tertiary/aromatic N) is 2. The van der Waals surface area contributed by atoms with Gasteiger partial charge >= 0.3 is 0 Å². The first-order valence-electron chi connectivity index (χ1n) is 5.43. The Morgan fingerprint density at radius 3 is 2.88 bits per heavy atom. The number of hydrogen-bond donors (Lipinski definition) is 0. The SMILES string of the molecule is CCCn1c(C(C)Br)nc2cc(Cl)ccc21. The molecule has 0 aliphatic heterocycles. The standard InChI is InChI=1S/C12H14BrClN2/c1-3-6-16-11-5-4-9(14)7-10(11)15-12(16)8(2)13/h4-5,7-8H,3,6H2,1-2H3. The van der Waals surface area contributed by atoms with Crippen molar-refractivity contribution in [2.75, 3.05) is 0 Å². The van der Waals surface area contributed by atoms with Gasteiger partial charge in [0.1, 0.15) is 5.82 Å².